The predicted molar refractivity (Wildman–Crippen MR) is 73.1 cm³/mol. The quantitative estimate of drug-likeness (QED) is 0.933. The van der Waals surface area contributed by atoms with Crippen LogP contribution in [0.15, 0.2) is 28.8 Å². The van der Waals surface area contributed by atoms with Crippen molar-refractivity contribution in [2.45, 2.75) is 38.3 Å². The highest BCUT2D eigenvalue weighted by Crippen LogP contribution is 2.39. The first kappa shape index (κ1) is 12.6. The van der Waals surface area contributed by atoms with E-state index < -0.39 is 0 Å². The topological polar surface area (TPSA) is 51.0 Å². The number of halogens is 1. The van der Waals surface area contributed by atoms with Crippen molar-refractivity contribution in [1.82, 2.24) is 15.5 Å². The minimum Gasteiger partial charge on any atom is -0.338 e. The van der Waals surface area contributed by atoms with Crippen LogP contribution in [-0.2, 0) is 6.54 Å². The molecule has 19 heavy (non-hydrogen) atoms. The number of hydrogen-bond acceptors (Lipinski definition) is 4. The fraction of sp³-hybridized carbons (Fsp3) is 0.429. The molecule has 1 aromatic heterocycles. The number of rotatable bonds is 4. The predicted octanol–water partition coefficient (Wildman–Crippen LogP) is 3.07. The van der Waals surface area contributed by atoms with Gasteiger partial charge in [0.25, 0.3) is 0 Å². The largest absolute Gasteiger partial charge is 0.338 e. The molecule has 1 saturated carbocycles. The van der Waals surface area contributed by atoms with E-state index in [9.17, 15) is 0 Å². The van der Waals surface area contributed by atoms with Gasteiger partial charge in [-0.3, -0.25) is 0 Å². The van der Waals surface area contributed by atoms with E-state index in [0.717, 1.165) is 17.9 Å². The molecule has 3 rings (SSSR count). The van der Waals surface area contributed by atoms with E-state index in [0.29, 0.717) is 30.2 Å². The summed E-state index contributed by atoms with van der Waals surface area (Å²) in [5.74, 6) is 1.90. The average molecular weight is 278 g/mol. The van der Waals surface area contributed by atoms with Crippen LogP contribution >= 0.6 is 11.6 Å². The van der Waals surface area contributed by atoms with Crippen LogP contribution in [0.5, 0.6) is 0 Å². The Morgan fingerprint density at radius 2 is 2.16 bits per heavy atom. The Balaban J connectivity index is 1.49. The van der Waals surface area contributed by atoms with Gasteiger partial charge in [-0.25, -0.2) is 0 Å². The summed E-state index contributed by atoms with van der Waals surface area (Å²) >= 11 is 6.20. The van der Waals surface area contributed by atoms with Crippen LogP contribution in [0.1, 0.15) is 36.0 Å². The van der Waals surface area contributed by atoms with Gasteiger partial charge in [0, 0.05) is 11.1 Å². The highest BCUT2D eigenvalue weighted by molar-refractivity contribution is 6.31. The van der Waals surface area contributed by atoms with Gasteiger partial charge >= 0.3 is 0 Å². The zero-order valence-electron chi connectivity index (χ0n) is 10.8. The molecule has 0 unspecified atom stereocenters. The van der Waals surface area contributed by atoms with E-state index in [1.807, 2.05) is 25.1 Å². The minimum absolute atomic E-state index is 0.508. The number of aromatic nitrogens is 2. The lowest BCUT2D eigenvalue weighted by atomic mass is 9.76. The first-order valence-electron chi connectivity index (χ1n) is 6.49. The molecule has 0 bridgehead atoms. The summed E-state index contributed by atoms with van der Waals surface area (Å²) in [7, 11) is 0. The summed E-state index contributed by atoms with van der Waals surface area (Å²) in [6, 6.07) is 8.60. The summed E-state index contributed by atoms with van der Waals surface area (Å²) < 4.78 is 5.07. The molecule has 0 atom stereocenters. The smallest absolute Gasteiger partial charge is 0.240 e. The summed E-state index contributed by atoms with van der Waals surface area (Å²) in [5.41, 5.74) is 1.26. The molecule has 1 fully saturated rings. The molecule has 0 saturated heterocycles. The van der Waals surface area contributed by atoms with Crippen molar-refractivity contribution in [3.63, 3.8) is 0 Å². The molecule has 1 aromatic carbocycles. The molecule has 1 heterocycles. The SMILES string of the molecule is Cc1noc(CNC2CC(c3ccccc3Cl)C2)n1. The second-order valence-corrected chi connectivity index (χ2v) is 5.41. The van der Waals surface area contributed by atoms with Crippen molar-refractivity contribution in [3.8, 4) is 0 Å². The maximum absolute atomic E-state index is 6.20. The third-order valence-electron chi connectivity index (χ3n) is 3.59. The highest BCUT2D eigenvalue weighted by atomic mass is 35.5. The number of nitrogens with zero attached hydrogens (tertiary/aromatic N) is 2. The van der Waals surface area contributed by atoms with Gasteiger partial charge in [-0.05, 0) is 37.3 Å². The van der Waals surface area contributed by atoms with Crippen LogP contribution in [-0.4, -0.2) is 16.2 Å². The first-order valence-corrected chi connectivity index (χ1v) is 6.87. The van der Waals surface area contributed by atoms with Gasteiger partial charge < -0.3 is 9.84 Å². The van der Waals surface area contributed by atoms with Crippen LogP contribution in [0, 0.1) is 6.92 Å². The van der Waals surface area contributed by atoms with Gasteiger partial charge in [-0.1, -0.05) is 35.0 Å². The van der Waals surface area contributed by atoms with Gasteiger partial charge in [0.15, 0.2) is 5.82 Å². The van der Waals surface area contributed by atoms with Gasteiger partial charge in [0.2, 0.25) is 5.89 Å². The first-order chi connectivity index (χ1) is 9.22. The van der Waals surface area contributed by atoms with Gasteiger partial charge in [0.1, 0.15) is 0 Å². The Morgan fingerprint density at radius 1 is 1.37 bits per heavy atom. The van der Waals surface area contributed by atoms with E-state index in [2.05, 4.69) is 21.5 Å². The Bertz CT molecular complexity index is 563. The fourth-order valence-electron chi connectivity index (χ4n) is 2.49. The Morgan fingerprint density at radius 3 is 2.84 bits per heavy atom. The summed E-state index contributed by atoms with van der Waals surface area (Å²) in [5, 5.41) is 8.07. The Kier molecular flexibility index (Phi) is 3.53. The monoisotopic (exact) mass is 277 g/mol. The van der Waals surface area contributed by atoms with Crippen LogP contribution in [0.3, 0.4) is 0 Å². The van der Waals surface area contributed by atoms with Crippen LogP contribution in [0.25, 0.3) is 0 Å². The second kappa shape index (κ2) is 5.31. The van der Waals surface area contributed by atoms with Crippen LogP contribution in [0.4, 0.5) is 0 Å². The molecule has 0 aliphatic heterocycles. The average Bonchev–Trinajstić information content (AvgIpc) is 2.75. The lowest BCUT2D eigenvalue weighted by Gasteiger charge is -2.36. The molecular weight excluding hydrogens is 262 g/mol. The molecule has 1 aliphatic carbocycles. The van der Waals surface area contributed by atoms with Gasteiger partial charge in [-0.2, -0.15) is 4.98 Å². The lowest BCUT2D eigenvalue weighted by molar-refractivity contribution is 0.271. The molecule has 1 aliphatic rings. The lowest BCUT2D eigenvalue weighted by Crippen LogP contribution is -2.39. The second-order valence-electron chi connectivity index (χ2n) is 5.00. The molecule has 100 valence electrons. The third kappa shape index (κ3) is 2.80. The zero-order chi connectivity index (χ0) is 13.2. The van der Waals surface area contributed by atoms with Crippen molar-refractivity contribution >= 4 is 11.6 Å². The number of hydrogen-bond donors (Lipinski definition) is 1. The van der Waals surface area contributed by atoms with Crippen molar-refractivity contribution < 1.29 is 4.52 Å². The highest BCUT2D eigenvalue weighted by Gasteiger charge is 2.31. The van der Waals surface area contributed by atoms with Crippen molar-refractivity contribution in [2.24, 2.45) is 0 Å². The van der Waals surface area contributed by atoms with Crippen molar-refractivity contribution in [2.75, 3.05) is 0 Å². The van der Waals surface area contributed by atoms with Gasteiger partial charge in [-0.15, -0.1) is 0 Å². The zero-order valence-corrected chi connectivity index (χ0v) is 11.5. The molecular formula is C14H16ClN3O. The third-order valence-corrected chi connectivity index (χ3v) is 3.94. The molecule has 1 N–H and O–H groups in total. The minimum atomic E-state index is 0.508. The van der Waals surface area contributed by atoms with Gasteiger partial charge in [0.05, 0.1) is 6.54 Å². The maximum atomic E-state index is 6.20. The van der Waals surface area contributed by atoms with Crippen LogP contribution in [0.2, 0.25) is 5.02 Å². The van der Waals surface area contributed by atoms with E-state index in [4.69, 9.17) is 16.1 Å². The molecule has 5 heteroatoms. The maximum Gasteiger partial charge on any atom is 0.240 e. The summed E-state index contributed by atoms with van der Waals surface area (Å²) in [4.78, 5) is 4.17. The molecule has 2 aromatic rings. The Labute approximate surface area is 117 Å². The summed E-state index contributed by atoms with van der Waals surface area (Å²) in [6.07, 6.45) is 2.22. The summed E-state index contributed by atoms with van der Waals surface area (Å²) in [6.45, 7) is 2.46. The van der Waals surface area contributed by atoms with Crippen LogP contribution < -0.4 is 5.32 Å². The number of aryl methyl sites for hydroxylation is 1. The van der Waals surface area contributed by atoms with E-state index >= 15 is 0 Å². The molecule has 4 nitrogen and oxygen atoms in total. The fourth-order valence-corrected chi connectivity index (χ4v) is 2.78. The van der Waals surface area contributed by atoms with Crippen molar-refractivity contribution in [3.05, 3.63) is 46.6 Å². The molecule has 0 spiro atoms. The number of nitrogens with one attached hydrogen (secondary N) is 1. The standard InChI is InChI=1S/C14H16ClN3O/c1-9-17-14(19-18-9)8-16-11-6-10(7-11)12-4-2-3-5-13(12)15/h2-5,10-11,16H,6-8H2,1H3. The molecule has 0 amide bonds. The number of benzene rings is 1. The normalized spacial score (nSPS) is 22.2. The van der Waals surface area contributed by atoms with E-state index in [-0.39, 0.29) is 0 Å². The van der Waals surface area contributed by atoms with E-state index in [1.165, 1.54) is 5.56 Å². The van der Waals surface area contributed by atoms with Crippen molar-refractivity contribution in [1.29, 1.82) is 0 Å². The molecule has 0 radical (unpaired) electrons. The Hall–Kier alpha value is -1.39. The van der Waals surface area contributed by atoms with E-state index in [1.54, 1.807) is 0 Å².